The van der Waals surface area contributed by atoms with Crippen LogP contribution in [0.2, 0.25) is 0 Å². The van der Waals surface area contributed by atoms with Gasteiger partial charge >= 0.3 is 17.9 Å². The summed E-state index contributed by atoms with van der Waals surface area (Å²) in [6, 6.07) is 23.1. The Morgan fingerprint density at radius 1 is 0.689 bits per heavy atom. The van der Waals surface area contributed by atoms with Crippen LogP contribution in [0.15, 0.2) is 72.8 Å². The molecule has 0 fully saturated rings. The van der Waals surface area contributed by atoms with Crippen molar-refractivity contribution in [2.45, 2.75) is 84.2 Å². The number of carbonyl (C=O) groups excluding carboxylic acids is 3. The van der Waals surface area contributed by atoms with Gasteiger partial charge in [0.1, 0.15) is 17.9 Å². The number of hydrogen-bond acceptors (Lipinski definition) is 8. The minimum Gasteiger partial charge on any atom is -0.494 e. The zero-order chi connectivity index (χ0) is 32.3. The van der Waals surface area contributed by atoms with E-state index in [2.05, 4.69) is 6.92 Å². The summed E-state index contributed by atoms with van der Waals surface area (Å²) in [4.78, 5) is 36.3. The van der Waals surface area contributed by atoms with Gasteiger partial charge in [0.05, 0.1) is 36.5 Å². The van der Waals surface area contributed by atoms with Crippen LogP contribution in [-0.4, -0.2) is 37.2 Å². The van der Waals surface area contributed by atoms with Gasteiger partial charge in [-0.1, -0.05) is 50.5 Å². The van der Waals surface area contributed by atoms with Crippen molar-refractivity contribution in [3.63, 3.8) is 0 Å². The third-order valence-corrected chi connectivity index (χ3v) is 7.18. The van der Waals surface area contributed by atoms with Gasteiger partial charge in [-0.2, -0.15) is 5.26 Å². The molecule has 0 saturated heterocycles. The van der Waals surface area contributed by atoms with Gasteiger partial charge in [-0.05, 0) is 105 Å². The van der Waals surface area contributed by atoms with Gasteiger partial charge in [-0.25, -0.2) is 9.59 Å². The second-order valence-corrected chi connectivity index (χ2v) is 10.9. The van der Waals surface area contributed by atoms with Gasteiger partial charge in [0.2, 0.25) is 0 Å². The average molecular weight is 614 g/mol. The molecule has 0 aliphatic heterocycles. The Morgan fingerprint density at radius 3 is 1.89 bits per heavy atom. The second-order valence-electron chi connectivity index (χ2n) is 10.9. The number of carbonyl (C=O) groups is 3. The molecule has 8 heteroatoms. The molecule has 45 heavy (non-hydrogen) atoms. The minimum atomic E-state index is -0.485. The van der Waals surface area contributed by atoms with Crippen LogP contribution in [0.4, 0.5) is 0 Å². The number of unbranched alkanes of at least 4 members (excludes halogenated alkanes) is 6. The van der Waals surface area contributed by atoms with Gasteiger partial charge in [-0.3, -0.25) is 4.79 Å². The lowest BCUT2D eigenvalue weighted by Gasteiger charge is -2.13. The lowest BCUT2D eigenvalue weighted by molar-refractivity contribution is -0.142. The van der Waals surface area contributed by atoms with Crippen molar-refractivity contribution < 1.29 is 33.3 Å². The highest BCUT2D eigenvalue weighted by molar-refractivity contribution is 5.92. The Morgan fingerprint density at radius 2 is 1.24 bits per heavy atom. The molecule has 0 N–H and O–H groups in total. The zero-order valence-electron chi connectivity index (χ0n) is 26.3. The maximum absolute atomic E-state index is 12.7. The highest BCUT2D eigenvalue weighted by Crippen LogP contribution is 2.24. The smallest absolute Gasteiger partial charge is 0.343 e. The number of benzene rings is 3. The number of nitrogens with zero attached hydrogens (tertiary/aromatic N) is 1. The number of rotatable bonds is 19. The van der Waals surface area contributed by atoms with Gasteiger partial charge in [0.25, 0.3) is 0 Å². The van der Waals surface area contributed by atoms with Crippen molar-refractivity contribution in [2.24, 2.45) is 0 Å². The van der Waals surface area contributed by atoms with Crippen molar-refractivity contribution in [1.82, 2.24) is 0 Å². The third kappa shape index (κ3) is 12.9. The first kappa shape index (κ1) is 34.8. The van der Waals surface area contributed by atoms with Crippen LogP contribution in [-0.2, 0) is 14.3 Å². The number of esters is 3. The van der Waals surface area contributed by atoms with Crippen LogP contribution < -0.4 is 9.47 Å². The van der Waals surface area contributed by atoms with Gasteiger partial charge in [0, 0.05) is 0 Å². The van der Waals surface area contributed by atoms with E-state index < -0.39 is 11.9 Å². The van der Waals surface area contributed by atoms with E-state index in [-0.39, 0.29) is 18.5 Å². The standard InChI is InChI=1S/C37H43NO7/c1-3-4-5-8-11-28(2)44-36(40)32-18-22-34(23-19-32)45-37(41)31-14-12-29(13-15-31)30-16-20-33(21-17-30)42-26-9-6-7-10-27-43-35(39)24-25-38/h12-23,28H,3-11,24,26-27H2,1-2H3. The normalized spacial score (nSPS) is 11.2. The Kier molecular flexibility index (Phi) is 15.2. The molecule has 0 heterocycles. The van der Waals surface area contributed by atoms with Crippen LogP contribution in [0.5, 0.6) is 11.5 Å². The zero-order valence-corrected chi connectivity index (χ0v) is 26.3. The molecule has 8 nitrogen and oxygen atoms in total. The molecule has 3 aromatic carbocycles. The highest BCUT2D eigenvalue weighted by Gasteiger charge is 2.14. The summed E-state index contributed by atoms with van der Waals surface area (Å²) >= 11 is 0. The van der Waals surface area contributed by atoms with E-state index in [1.54, 1.807) is 42.5 Å². The van der Waals surface area contributed by atoms with Gasteiger partial charge in [0.15, 0.2) is 0 Å². The van der Waals surface area contributed by atoms with Crippen LogP contribution in [0.3, 0.4) is 0 Å². The van der Waals surface area contributed by atoms with Gasteiger partial charge in [-0.15, -0.1) is 0 Å². The lowest BCUT2D eigenvalue weighted by atomic mass is 10.0. The fourth-order valence-electron chi connectivity index (χ4n) is 4.58. The van der Waals surface area contributed by atoms with Crippen LogP contribution in [0.25, 0.3) is 11.1 Å². The Hall–Kier alpha value is -4.64. The summed E-state index contributed by atoms with van der Waals surface area (Å²) in [6.07, 6.45) is 8.58. The van der Waals surface area contributed by atoms with E-state index in [9.17, 15) is 14.4 Å². The highest BCUT2D eigenvalue weighted by atomic mass is 16.5. The molecule has 0 amide bonds. The molecule has 1 atom stereocenters. The fourth-order valence-corrected chi connectivity index (χ4v) is 4.58. The molecule has 0 aliphatic carbocycles. The summed E-state index contributed by atoms with van der Waals surface area (Å²) < 4.78 is 21.8. The predicted octanol–water partition coefficient (Wildman–Crippen LogP) is 8.48. The quantitative estimate of drug-likeness (QED) is 0.0752. The Bertz CT molecular complexity index is 1380. The van der Waals surface area contributed by atoms with Crippen molar-refractivity contribution in [3.05, 3.63) is 83.9 Å². The second kappa shape index (κ2) is 19.6. The lowest BCUT2D eigenvalue weighted by Crippen LogP contribution is -2.15. The number of ether oxygens (including phenoxy) is 4. The first-order valence-corrected chi connectivity index (χ1v) is 15.8. The molecule has 0 aromatic heterocycles. The van der Waals surface area contributed by atoms with E-state index in [4.69, 9.17) is 24.2 Å². The van der Waals surface area contributed by atoms with Crippen molar-refractivity contribution in [1.29, 1.82) is 5.26 Å². The van der Waals surface area contributed by atoms with Crippen LogP contribution in [0.1, 0.15) is 98.8 Å². The van der Waals surface area contributed by atoms with E-state index in [0.29, 0.717) is 30.1 Å². The minimum absolute atomic E-state index is 0.142. The van der Waals surface area contributed by atoms with E-state index in [1.165, 1.54) is 12.8 Å². The molecule has 3 rings (SSSR count). The van der Waals surface area contributed by atoms with Crippen LogP contribution in [0, 0.1) is 11.3 Å². The monoisotopic (exact) mass is 613 g/mol. The Labute approximate surface area is 266 Å². The van der Waals surface area contributed by atoms with E-state index >= 15 is 0 Å². The molecule has 0 aliphatic rings. The molecule has 238 valence electrons. The van der Waals surface area contributed by atoms with E-state index in [1.807, 2.05) is 43.3 Å². The fraction of sp³-hybridized carbons (Fsp3) is 0.405. The average Bonchev–Trinajstić information content (AvgIpc) is 3.05. The van der Waals surface area contributed by atoms with Crippen molar-refractivity contribution in [2.75, 3.05) is 13.2 Å². The van der Waals surface area contributed by atoms with Crippen molar-refractivity contribution in [3.8, 4) is 28.7 Å². The SMILES string of the molecule is CCCCCCC(C)OC(=O)c1ccc(OC(=O)c2ccc(-c3ccc(OCCCCCCOC(=O)CC#N)cc3)cc2)cc1. The van der Waals surface area contributed by atoms with Crippen LogP contribution >= 0.6 is 0 Å². The molecule has 0 spiro atoms. The maximum atomic E-state index is 12.7. The first-order chi connectivity index (χ1) is 21.9. The van der Waals surface area contributed by atoms with Gasteiger partial charge < -0.3 is 18.9 Å². The van der Waals surface area contributed by atoms with E-state index in [0.717, 1.165) is 61.8 Å². The number of hydrogen-bond donors (Lipinski definition) is 0. The number of nitriles is 1. The molecule has 0 radical (unpaired) electrons. The summed E-state index contributed by atoms with van der Waals surface area (Å²) in [5, 5.41) is 8.44. The summed E-state index contributed by atoms with van der Waals surface area (Å²) in [5.74, 6) is -0.211. The molecular formula is C37H43NO7. The Balaban J connectivity index is 1.38. The largest absolute Gasteiger partial charge is 0.494 e. The molecule has 1 unspecified atom stereocenters. The molecule has 3 aromatic rings. The molecule has 0 bridgehead atoms. The molecule has 0 saturated carbocycles. The van der Waals surface area contributed by atoms with Crippen molar-refractivity contribution >= 4 is 17.9 Å². The third-order valence-electron chi connectivity index (χ3n) is 7.18. The summed E-state index contributed by atoms with van der Waals surface area (Å²) in [5.41, 5.74) is 2.78. The summed E-state index contributed by atoms with van der Waals surface area (Å²) in [7, 11) is 0. The topological polar surface area (TPSA) is 112 Å². The first-order valence-electron chi connectivity index (χ1n) is 15.8. The predicted molar refractivity (Wildman–Crippen MR) is 172 cm³/mol. The maximum Gasteiger partial charge on any atom is 0.343 e. The molecular weight excluding hydrogens is 570 g/mol. The summed E-state index contributed by atoms with van der Waals surface area (Å²) in [6.45, 7) is 5.01.